The SMILES string of the molecule is CCN(C(C)=O)c1cccc(-c2ccnc3c([N+](=O)[O-])cnn23)c1. The highest BCUT2D eigenvalue weighted by molar-refractivity contribution is 5.92. The maximum absolute atomic E-state index is 11.7. The Labute approximate surface area is 137 Å². The molecule has 122 valence electrons. The smallest absolute Gasteiger partial charge is 0.313 e. The lowest BCUT2D eigenvalue weighted by molar-refractivity contribution is -0.383. The summed E-state index contributed by atoms with van der Waals surface area (Å²) in [4.78, 5) is 28.0. The molecule has 0 saturated carbocycles. The molecule has 0 saturated heterocycles. The van der Waals surface area contributed by atoms with Gasteiger partial charge in [0.05, 0.1) is 10.6 Å². The minimum atomic E-state index is -0.510. The molecule has 2 heterocycles. The predicted octanol–water partition coefficient (Wildman–Crippen LogP) is 2.68. The summed E-state index contributed by atoms with van der Waals surface area (Å²) in [7, 11) is 0. The second-order valence-electron chi connectivity index (χ2n) is 5.17. The van der Waals surface area contributed by atoms with Gasteiger partial charge in [0.2, 0.25) is 11.6 Å². The lowest BCUT2D eigenvalue weighted by atomic mass is 10.1. The first kappa shape index (κ1) is 15.6. The maximum Gasteiger partial charge on any atom is 0.333 e. The molecule has 8 heteroatoms. The van der Waals surface area contributed by atoms with Gasteiger partial charge in [-0.2, -0.15) is 5.10 Å². The Bertz CT molecular complexity index is 934. The van der Waals surface area contributed by atoms with Crippen LogP contribution in [0.5, 0.6) is 0 Å². The van der Waals surface area contributed by atoms with E-state index >= 15 is 0 Å². The summed E-state index contributed by atoms with van der Waals surface area (Å²) in [6, 6.07) is 9.12. The van der Waals surface area contributed by atoms with E-state index in [2.05, 4.69) is 10.1 Å². The van der Waals surface area contributed by atoms with Crippen molar-refractivity contribution in [3.63, 3.8) is 0 Å². The van der Waals surface area contributed by atoms with Crippen molar-refractivity contribution < 1.29 is 9.72 Å². The zero-order valence-corrected chi connectivity index (χ0v) is 13.2. The van der Waals surface area contributed by atoms with Crippen LogP contribution in [0.15, 0.2) is 42.7 Å². The summed E-state index contributed by atoms with van der Waals surface area (Å²) in [6.45, 7) is 3.96. The Kier molecular flexibility index (Phi) is 3.95. The molecule has 8 nitrogen and oxygen atoms in total. The fraction of sp³-hybridized carbons (Fsp3) is 0.188. The first-order valence-corrected chi connectivity index (χ1v) is 7.38. The van der Waals surface area contributed by atoms with Crippen molar-refractivity contribution in [2.24, 2.45) is 0 Å². The summed E-state index contributed by atoms with van der Waals surface area (Å²) in [5.41, 5.74) is 2.25. The maximum atomic E-state index is 11.7. The van der Waals surface area contributed by atoms with Gasteiger partial charge in [0.15, 0.2) is 0 Å². The van der Waals surface area contributed by atoms with Crippen molar-refractivity contribution >= 4 is 22.9 Å². The van der Waals surface area contributed by atoms with Gasteiger partial charge in [0.25, 0.3) is 0 Å². The largest absolute Gasteiger partial charge is 0.333 e. The van der Waals surface area contributed by atoms with E-state index < -0.39 is 4.92 Å². The van der Waals surface area contributed by atoms with Gasteiger partial charge in [-0.1, -0.05) is 12.1 Å². The summed E-state index contributed by atoms with van der Waals surface area (Å²) in [6.07, 6.45) is 2.69. The molecule has 0 aliphatic rings. The number of carbonyl (C=O) groups excluding carboxylic acids is 1. The van der Waals surface area contributed by atoms with Gasteiger partial charge < -0.3 is 4.90 Å². The molecule has 0 atom stereocenters. The molecule has 2 aromatic heterocycles. The van der Waals surface area contributed by atoms with E-state index in [9.17, 15) is 14.9 Å². The van der Waals surface area contributed by atoms with Crippen LogP contribution in [0, 0.1) is 10.1 Å². The van der Waals surface area contributed by atoms with Crippen LogP contribution in [0.3, 0.4) is 0 Å². The molecule has 0 unspecified atom stereocenters. The zero-order chi connectivity index (χ0) is 17.3. The molecule has 3 aromatic rings. The van der Waals surface area contributed by atoms with Crippen LogP contribution in [-0.2, 0) is 4.79 Å². The molecule has 1 amide bonds. The number of amides is 1. The summed E-state index contributed by atoms with van der Waals surface area (Å²) >= 11 is 0. The number of nitrogens with zero attached hydrogens (tertiary/aromatic N) is 5. The van der Waals surface area contributed by atoms with Gasteiger partial charge in [-0.05, 0) is 25.1 Å². The highest BCUT2D eigenvalue weighted by atomic mass is 16.6. The van der Waals surface area contributed by atoms with Crippen molar-refractivity contribution in [3.05, 3.63) is 52.8 Å². The normalized spacial score (nSPS) is 10.8. The summed E-state index contributed by atoms with van der Waals surface area (Å²) < 4.78 is 1.43. The lowest BCUT2D eigenvalue weighted by Gasteiger charge is -2.19. The van der Waals surface area contributed by atoms with Crippen molar-refractivity contribution in [3.8, 4) is 11.3 Å². The number of carbonyl (C=O) groups is 1. The van der Waals surface area contributed by atoms with Gasteiger partial charge >= 0.3 is 5.69 Å². The van der Waals surface area contributed by atoms with Gasteiger partial charge in [-0.15, -0.1) is 0 Å². The zero-order valence-electron chi connectivity index (χ0n) is 13.2. The second-order valence-corrected chi connectivity index (χ2v) is 5.17. The van der Waals surface area contributed by atoms with E-state index in [1.54, 1.807) is 11.0 Å². The van der Waals surface area contributed by atoms with Crippen LogP contribution in [0.4, 0.5) is 11.4 Å². The molecule has 24 heavy (non-hydrogen) atoms. The Morgan fingerprint density at radius 2 is 2.17 bits per heavy atom. The lowest BCUT2D eigenvalue weighted by Crippen LogP contribution is -2.27. The molecule has 0 aliphatic heterocycles. The Balaban J connectivity index is 2.15. The molecule has 0 aliphatic carbocycles. The quantitative estimate of drug-likeness (QED) is 0.543. The van der Waals surface area contributed by atoms with Crippen molar-refractivity contribution in [2.75, 3.05) is 11.4 Å². The molecule has 0 fully saturated rings. The third kappa shape index (κ3) is 2.58. The van der Waals surface area contributed by atoms with Gasteiger partial charge in [-0.25, -0.2) is 9.50 Å². The average Bonchev–Trinajstić information content (AvgIpc) is 2.99. The fourth-order valence-corrected chi connectivity index (χ4v) is 2.65. The van der Waals surface area contributed by atoms with E-state index in [0.29, 0.717) is 12.2 Å². The summed E-state index contributed by atoms with van der Waals surface area (Å²) in [5.74, 6) is -0.0516. The van der Waals surface area contributed by atoms with Gasteiger partial charge in [0.1, 0.15) is 6.20 Å². The highest BCUT2D eigenvalue weighted by Gasteiger charge is 2.18. The number of rotatable bonds is 4. The van der Waals surface area contributed by atoms with E-state index in [1.165, 1.54) is 23.8 Å². The Hall–Kier alpha value is -3.29. The van der Waals surface area contributed by atoms with Crippen LogP contribution in [0.25, 0.3) is 16.9 Å². The van der Waals surface area contributed by atoms with Crippen molar-refractivity contribution in [1.82, 2.24) is 14.6 Å². The minimum absolute atomic E-state index is 0.0516. The third-order valence-corrected chi connectivity index (χ3v) is 3.73. The highest BCUT2D eigenvalue weighted by Crippen LogP contribution is 2.27. The molecule has 0 radical (unpaired) electrons. The number of hydrogen-bond donors (Lipinski definition) is 0. The molecule has 0 bridgehead atoms. The summed E-state index contributed by atoms with van der Waals surface area (Å²) in [5, 5.41) is 15.1. The van der Waals surface area contributed by atoms with Gasteiger partial charge in [0, 0.05) is 30.9 Å². The topological polar surface area (TPSA) is 93.6 Å². The van der Waals surface area contributed by atoms with E-state index in [-0.39, 0.29) is 17.2 Å². The first-order chi connectivity index (χ1) is 11.5. The predicted molar refractivity (Wildman–Crippen MR) is 88.8 cm³/mol. The monoisotopic (exact) mass is 325 g/mol. The minimum Gasteiger partial charge on any atom is -0.313 e. The number of benzene rings is 1. The molecule has 0 spiro atoms. The third-order valence-electron chi connectivity index (χ3n) is 3.73. The van der Waals surface area contributed by atoms with Crippen molar-refractivity contribution in [1.29, 1.82) is 0 Å². The Morgan fingerprint density at radius 3 is 2.83 bits per heavy atom. The number of fused-ring (bicyclic) bond motifs is 1. The fourth-order valence-electron chi connectivity index (χ4n) is 2.65. The first-order valence-electron chi connectivity index (χ1n) is 7.38. The van der Waals surface area contributed by atoms with E-state index in [0.717, 1.165) is 11.3 Å². The molecular formula is C16H15N5O3. The van der Waals surface area contributed by atoms with E-state index in [4.69, 9.17) is 0 Å². The van der Waals surface area contributed by atoms with Crippen LogP contribution in [0.1, 0.15) is 13.8 Å². The van der Waals surface area contributed by atoms with Crippen LogP contribution >= 0.6 is 0 Å². The number of aromatic nitrogens is 3. The molecule has 1 aromatic carbocycles. The number of nitro groups is 1. The molecule has 3 rings (SSSR count). The van der Waals surface area contributed by atoms with Crippen LogP contribution in [0.2, 0.25) is 0 Å². The van der Waals surface area contributed by atoms with Crippen LogP contribution < -0.4 is 4.90 Å². The Morgan fingerprint density at radius 1 is 1.38 bits per heavy atom. The molecular weight excluding hydrogens is 310 g/mol. The average molecular weight is 325 g/mol. The van der Waals surface area contributed by atoms with Crippen molar-refractivity contribution in [2.45, 2.75) is 13.8 Å². The molecule has 0 N–H and O–H groups in total. The second kappa shape index (κ2) is 6.07. The van der Waals surface area contributed by atoms with Gasteiger partial charge in [-0.3, -0.25) is 14.9 Å². The standard InChI is InChI=1S/C16H15N5O3/c1-3-19(11(2)22)13-6-4-5-12(9-13)14-7-8-17-16-15(21(23)24)10-18-20(14)16/h4-10H,3H2,1-2H3. The number of anilines is 1. The van der Waals surface area contributed by atoms with Crippen LogP contribution in [-0.4, -0.2) is 32.0 Å². The van der Waals surface area contributed by atoms with E-state index in [1.807, 2.05) is 31.2 Å². The number of hydrogen-bond acceptors (Lipinski definition) is 5.